The SMILES string of the molecule is CC12CCC(CC1=O)C2(C)C.S. The van der Waals surface area contributed by atoms with Gasteiger partial charge < -0.3 is 0 Å². The third-order valence-corrected chi connectivity index (χ3v) is 4.48. The maximum Gasteiger partial charge on any atom is 0.139 e. The molecule has 2 saturated carbocycles. The molecule has 2 fully saturated rings. The van der Waals surface area contributed by atoms with Gasteiger partial charge in [0.05, 0.1) is 0 Å². The van der Waals surface area contributed by atoms with E-state index in [1.54, 1.807) is 0 Å². The van der Waals surface area contributed by atoms with Gasteiger partial charge in [-0.05, 0) is 24.2 Å². The van der Waals surface area contributed by atoms with Crippen molar-refractivity contribution in [1.29, 1.82) is 0 Å². The Morgan fingerprint density at radius 2 is 1.92 bits per heavy atom. The van der Waals surface area contributed by atoms with E-state index in [9.17, 15) is 4.79 Å². The fraction of sp³-hybridized carbons (Fsp3) is 0.900. The standard InChI is InChI=1S/C10H16O.H2S/c1-9(2)7-4-5-10(9,3)8(11)6-7;/h7H,4-6H2,1-3H3;1H2. The van der Waals surface area contributed by atoms with Crippen molar-refractivity contribution in [1.82, 2.24) is 0 Å². The summed E-state index contributed by atoms with van der Waals surface area (Å²) < 4.78 is 0. The van der Waals surface area contributed by atoms with Crippen LogP contribution in [0.5, 0.6) is 0 Å². The van der Waals surface area contributed by atoms with Crippen molar-refractivity contribution < 1.29 is 4.79 Å². The predicted molar refractivity (Wildman–Crippen MR) is 54.6 cm³/mol. The normalized spacial score (nSPS) is 42.9. The zero-order valence-corrected chi connectivity index (χ0v) is 9.11. The molecule has 0 aromatic rings. The van der Waals surface area contributed by atoms with Crippen molar-refractivity contribution in [3.8, 4) is 0 Å². The summed E-state index contributed by atoms with van der Waals surface area (Å²) >= 11 is 0. The lowest BCUT2D eigenvalue weighted by Gasteiger charge is -2.32. The van der Waals surface area contributed by atoms with Gasteiger partial charge in [-0.3, -0.25) is 4.79 Å². The Kier molecular flexibility index (Phi) is 2.11. The molecule has 2 unspecified atom stereocenters. The molecule has 2 atom stereocenters. The summed E-state index contributed by atoms with van der Waals surface area (Å²) in [6.45, 7) is 6.67. The van der Waals surface area contributed by atoms with E-state index in [-0.39, 0.29) is 24.3 Å². The van der Waals surface area contributed by atoms with Gasteiger partial charge in [0.25, 0.3) is 0 Å². The fourth-order valence-corrected chi connectivity index (χ4v) is 2.90. The quantitative estimate of drug-likeness (QED) is 0.568. The molecule has 0 radical (unpaired) electrons. The lowest BCUT2D eigenvalue weighted by atomic mass is 9.70. The number of hydrogen-bond acceptors (Lipinski definition) is 1. The zero-order valence-electron chi connectivity index (χ0n) is 8.11. The lowest BCUT2D eigenvalue weighted by Crippen LogP contribution is -2.32. The summed E-state index contributed by atoms with van der Waals surface area (Å²) in [6, 6.07) is 0. The predicted octanol–water partition coefficient (Wildman–Crippen LogP) is 2.51. The lowest BCUT2D eigenvalue weighted by molar-refractivity contribution is -0.128. The number of carbonyl (C=O) groups is 1. The van der Waals surface area contributed by atoms with Gasteiger partial charge in [-0.1, -0.05) is 20.8 Å². The highest BCUT2D eigenvalue weighted by Gasteiger charge is 2.61. The third kappa shape index (κ3) is 0.847. The Morgan fingerprint density at radius 3 is 2.08 bits per heavy atom. The summed E-state index contributed by atoms with van der Waals surface area (Å²) in [5, 5.41) is 0. The highest BCUT2D eigenvalue weighted by atomic mass is 32.1. The van der Waals surface area contributed by atoms with Crippen LogP contribution in [-0.2, 0) is 4.79 Å². The van der Waals surface area contributed by atoms with E-state index in [4.69, 9.17) is 0 Å². The Morgan fingerprint density at radius 1 is 1.33 bits per heavy atom. The second-order valence-corrected chi connectivity index (χ2v) is 4.92. The van der Waals surface area contributed by atoms with Crippen LogP contribution in [-0.4, -0.2) is 5.78 Å². The zero-order chi connectivity index (χ0) is 8.28. The molecule has 70 valence electrons. The number of carbonyl (C=O) groups excluding carboxylic acids is 1. The van der Waals surface area contributed by atoms with Gasteiger partial charge in [0.1, 0.15) is 5.78 Å². The molecule has 2 aliphatic rings. The van der Waals surface area contributed by atoms with Gasteiger partial charge in [-0.15, -0.1) is 0 Å². The van der Waals surface area contributed by atoms with Crippen LogP contribution in [0, 0.1) is 16.7 Å². The maximum atomic E-state index is 11.6. The topological polar surface area (TPSA) is 17.1 Å². The van der Waals surface area contributed by atoms with Gasteiger partial charge in [0.15, 0.2) is 0 Å². The first-order valence-corrected chi connectivity index (χ1v) is 4.52. The summed E-state index contributed by atoms with van der Waals surface area (Å²) in [6.07, 6.45) is 3.25. The van der Waals surface area contributed by atoms with Gasteiger partial charge in [-0.2, -0.15) is 13.5 Å². The first-order valence-electron chi connectivity index (χ1n) is 4.52. The fourth-order valence-electron chi connectivity index (χ4n) is 2.90. The number of ketones is 1. The van der Waals surface area contributed by atoms with Crippen LogP contribution in [0.1, 0.15) is 40.0 Å². The van der Waals surface area contributed by atoms with Gasteiger partial charge in [-0.25, -0.2) is 0 Å². The second-order valence-electron chi connectivity index (χ2n) is 4.92. The molecule has 0 aliphatic heterocycles. The highest BCUT2D eigenvalue weighted by Crippen LogP contribution is 2.63. The van der Waals surface area contributed by atoms with E-state index in [0.29, 0.717) is 11.7 Å². The highest BCUT2D eigenvalue weighted by molar-refractivity contribution is 7.59. The molecule has 2 rings (SSSR count). The van der Waals surface area contributed by atoms with Gasteiger partial charge >= 0.3 is 0 Å². The van der Waals surface area contributed by atoms with Crippen molar-refractivity contribution >= 4 is 19.3 Å². The largest absolute Gasteiger partial charge is 0.299 e. The minimum atomic E-state index is 0. The van der Waals surface area contributed by atoms with Gasteiger partial charge in [0, 0.05) is 11.8 Å². The number of hydrogen-bond donors (Lipinski definition) is 0. The first-order chi connectivity index (χ1) is 4.98. The second kappa shape index (κ2) is 2.50. The van der Waals surface area contributed by atoms with Crippen LogP contribution in [0.4, 0.5) is 0 Å². The van der Waals surface area contributed by atoms with Gasteiger partial charge in [0.2, 0.25) is 0 Å². The molecule has 0 heterocycles. The van der Waals surface area contributed by atoms with E-state index in [1.807, 2.05) is 0 Å². The molecule has 0 saturated heterocycles. The van der Waals surface area contributed by atoms with E-state index >= 15 is 0 Å². The smallest absolute Gasteiger partial charge is 0.139 e. The molecule has 2 aliphatic carbocycles. The molecule has 0 aromatic carbocycles. The summed E-state index contributed by atoms with van der Waals surface area (Å²) in [5.74, 6) is 1.19. The average molecular weight is 186 g/mol. The molecule has 0 amide bonds. The van der Waals surface area contributed by atoms with E-state index in [0.717, 1.165) is 12.8 Å². The third-order valence-electron chi connectivity index (χ3n) is 4.48. The molecular weight excluding hydrogens is 168 g/mol. The Hall–Kier alpha value is 0.0200. The molecule has 2 bridgehead atoms. The molecule has 0 aromatic heterocycles. The molecular formula is C10H18OS. The van der Waals surface area contributed by atoms with Crippen molar-refractivity contribution in [2.24, 2.45) is 16.7 Å². The number of fused-ring (bicyclic) bond motifs is 2. The van der Waals surface area contributed by atoms with Crippen molar-refractivity contribution in [2.45, 2.75) is 40.0 Å². The Bertz CT molecular complexity index is 222. The number of rotatable bonds is 0. The minimum absolute atomic E-state index is 0. The van der Waals surface area contributed by atoms with Crippen LogP contribution < -0.4 is 0 Å². The van der Waals surface area contributed by atoms with Crippen LogP contribution in [0.15, 0.2) is 0 Å². The first kappa shape index (κ1) is 10.1. The maximum absolute atomic E-state index is 11.6. The Labute approximate surface area is 81.4 Å². The minimum Gasteiger partial charge on any atom is -0.299 e. The van der Waals surface area contributed by atoms with Crippen molar-refractivity contribution in [3.05, 3.63) is 0 Å². The van der Waals surface area contributed by atoms with Crippen molar-refractivity contribution in [2.75, 3.05) is 0 Å². The summed E-state index contributed by atoms with van der Waals surface area (Å²) in [7, 11) is 0. The van der Waals surface area contributed by atoms with Crippen LogP contribution in [0.3, 0.4) is 0 Å². The Balaban J connectivity index is 0.000000720. The van der Waals surface area contributed by atoms with Crippen molar-refractivity contribution in [3.63, 3.8) is 0 Å². The monoisotopic (exact) mass is 186 g/mol. The van der Waals surface area contributed by atoms with E-state index < -0.39 is 0 Å². The van der Waals surface area contributed by atoms with E-state index in [1.165, 1.54) is 6.42 Å². The molecule has 12 heavy (non-hydrogen) atoms. The van der Waals surface area contributed by atoms with Crippen LogP contribution in [0.2, 0.25) is 0 Å². The van der Waals surface area contributed by atoms with Crippen LogP contribution in [0.25, 0.3) is 0 Å². The van der Waals surface area contributed by atoms with E-state index in [2.05, 4.69) is 20.8 Å². The van der Waals surface area contributed by atoms with Crippen LogP contribution >= 0.6 is 13.5 Å². The average Bonchev–Trinajstić information content (AvgIpc) is 2.20. The number of Topliss-reactive ketones (excluding diaryl/α,β-unsaturated/α-hetero) is 1. The summed E-state index contributed by atoms with van der Waals surface area (Å²) in [5.41, 5.74) is 0.307. The molecule has 0 spiro atoms. The molecule has 2 heteroatoms. The summed E-state index contributed by atoms with van der Waals surface area (Å²) in [4.78, 5) is 11.6. The molecule has 1 nitrogen and oxygen atoms in total. The molecule has 0 N–H and O–H groups in total.